The first-order valence-corrected chi connectivity index (χ1v) is 3.89. The van der Waals surface area contributed by atoms with Gasteiger partial charge in [-0.15, -0.1) is 0 Å². The lowest BCUT2D eigenvalue weighted by atomic mass is 10.2. The van der Waals surface area contributed by atoms with Gasteiger partial charge < -0.3 is 4.42 Å². The number of hydrogen-bond donors (Lipinski definition) is 0. The summed E-state index contributed by atoms with van der Waals surface area (Å²) < 4.78 is 18.3. The molecule has 1 aromatic carbocycles. The van der Waals surface area contributed by atoms with Gasteiger partial charge in [-0.3, -0.25) is 4.79 Å². The Labute approximate surface area is 77.2 Å². The highest BCUT2D eigenvalue weighted by Crippen LogP contribution is 2.08. The topological polar surface area (TPSA) is 52.2 Å². The van der Waals surface area contributed by atoms with Gasteiger partial charge in [0, 0.05) is 7.05 Å². The molecule has 0 bridgehead atoms. The van der Waals surface area contributed by atoms with Crippen molar-refractivity contribution < 1.29 is 8.81 Å². The van der Waals surface area contributed by atoms with Crippen molar-refractivity contribution in [3.8, 4) is 0 Å². The first-order chi connectivity index (χ1) is 6.59. The van der Waals surface area contributed by atoms with Gasteiger partial charge in [-0.25, -0.2) is 13.8 Å². The second kappa shape index (κ2) is 2.80. The van der Waals surface area contributed by atoms with E-state index >= 15 is 0 Å². The minimum atomic E-state index is -0.755. The SMILES string of the molecule is Cn1c(=O)oc2ccc(F)cc2c1=O. The van der Waals surface area contributed by atoms with Crippen molar-refractivity contribution >= 4 is 11.0 Å². The summed E-state index contributed by atoms with van der Waals surface area (Å²) in [6.45, 7) is 0. The van der Waals surface area contributed by atoms with Gasteiger partial charge in [0.2, 0.25) is 0 Å². The highest BCUT2D eigenvalue weighted by molar-refractivity contribution is 5.75. The van der Waals surface area contributed by atoms with Crippen LogP contribution in [0.5, 0.6) is 0 Å². The van der Waals surface area contributed by atoms with Gasteiger partial charge in [-0.05, 0) is 18.2 Å². The molecule has 0 spiro atoms. The van der Waals surface area contributed by atoms with E-state index < -0.39 is 17.1 Å². The maximum Gasteiger partial charge on any atom is 0.422 e. The molecule has 0 saturated heterocycles. The van der Waals surface area contributed by atoms with Crippen LogP contribution in [0.25, 0.3) is 11.0 Å². The first kappa shape index (κ1) is 8.68. The molecule has 14 heavy (non-hydrogen) atoms. The lowest BCUT2D eigenvalue weighted by Gasteiger charge is -1.98. The molecule has 0 radical (unpaired) electrons. The number of hydrogen-bond acceptors (Lipinski definition) is 3. The summed E-state index contributed by atoms with van der Waals surface area (Å²) in [5, 5.41) is 0.0621. The summed E-state index contributed by atoms with van der Waals surface area (Å²) in [5.41, 5.74) is -0.463. The fourth-order valence-electron chi connectivity index (χ4n) is 1.18. The standard InChI is InChI=1S/C9H6FNO3/c1-11-8(12)6-4-5(10)2-3-7(6)14-9(11)13/h2-4H,1H3. The van der Waals surface area contributed by atoms with Gasteiger partial charge in [0.1, 0.15) is 11.4 Å². The fraction of sp³-hybridized carbons (Fsp3) is 0.111. The predicted octanol–water partition coefficient (Wildman–Crippen LogP) is 0.631. The number of rotatable bonds is 0. The van der Waals surface area contributed by atoms with E-state index in [0.717, 1.165) is 16.7 Å². The number of halogens is 1. The van der Waals surface area contributed by atoms with Gasteiger partial charge in [-0.2, -0.15) is 0 Å². The van der Waals surface area contributed by atoms with E-state index in [0.29, 0.717) is 0 Å². The molecular weight excluding hydrogens is 189 g/mol. The average molecular weight is 195 g/mol. The van der Waals surface area contributed by atoms with Crippen molar-refractivity contribution in [2.75, 3.05) is 0 Å². The molecule has 0 unspecified atom stereocenters. The van der Waals surface area contributed by atoms with Crippen LogP contribution < -0.4 is 11.3 Å². The second-order valence-corrected chi connectivity index (χ2v) is 2.87. The third kappa shape index (κ3) is 1.14. The summed E-state index contributed by atoms with van der Waals surface area (Å²) in [5.74, 6) is -1.29. The second-order valence-electron chi connectivity index (χ2n) is 2.87. The van der Waals surface area contributed by atoms with Crippen molar-refractivity contribution in [3.05, 3.63) is 44.9 Å². The van der Waals surface area contributed by atoms with E-state index in [1.165, 1.54) is 13.1 Å². The lowest BCUT2D eigenvalue weighted by Crippen LogP contribution is -2.29. The van der Waals surface area contributed by atoms with Crippen LogP contribution in [-0.2, 0) is 7.05 Å². The van der Waals surface area contributed by atoms with E-state index in [2.05, 4.69) is 0 Å². The quantitative estimate of drug-likeness (QED) is 0.619. The summed E-state index contributed by atoms with van der Waals surface area (Å²) >= 11 is 0. The molecule has 0 atom stereocenters. The Kier molecular flexibility index (Phi) is 1.73. The molecule has 0 saturated carbocycles. The molecular formula is C9H6FNO3. The molecule has 0 aliphatic rings. The van der Waals surface area contributed by atoms with E-state index in [1.54, 1.807) is 0 Å². The summed E-state index contributed by atoms with van der Waals surface area (Å²) in [6.07, 6.45) is 0. The van der Waals surface area contributed by atoms with Gasteiger partial charge >= 0.3 is 5.76 Å². The molecule has 0 amide bonds. The van der Waals surface area contributed by atoms with Crippen LogP contribution in [0.2, 0.25) is 0 Å². The number of benzene rings is 1. The molecule has 0 aliphatic heterocycles. The Morgan fingerprint density at radius 2 is 2.07 bits per heavy atom. The summed E-state index contributed by atoms with van der Waals surface area (Å²) in [4.78, 5) is 22.5. The smallest absolute Gasteiger partial charge is 0.409 e. The third-order valence-corrected chi connectivity index (χ3v) is 1.95. The largest absolute Gasteiger partial charge is 0.422 e. The number of nitrogens with zero attached hydrogens (tertiary/aromatic N) is 1. The average Bonchev–Trinajstić information content (AvgIpc) is 2.16. The summed E-state index contributed by atoms with van der Waals surface area (Å²) in [7, 11) is 1.28. The molecule has 0 fully saturated rings. The predicted molar refractivity (Wildman–Crippen MR) is 47.7 cm³/mol. The zero-order valence-corrected chi connectivity index (χ0v) is 7.28. The van der Waals surface area contributed by atoms with Crippen LogP contribution in [0.1, 0.15) is 0 Å². The Hall–Kier alpha value is -1.91. The maximum absolute atomic E-state index is 12.8. The lowest BCUT2D eigenvalue weighted by molar-refractivity contribution is 0.484. The van der Waals surface area contributed by atoms with E-state index in [4.69, 9.17) is 4.42 Å². The zero-order valence-electron chi connectivity index (χ0n) is 7.28. The molecule has 4 nitrogen and oxygen atoms in total. The minimum Gasteiger partial charge on any atom is -0.409 e. The van der Waals surface area contributed by atoms with Crippen LogP contribution >= 0.6 is 0 Å². The zero-order chi connectivity index (χ0) is 10.3. The van der Waals surface area contributed by atoms with Crippen molar-refractivity contribution in [2.24, 2.45) is 7.05 Å². The highest BCUT2D eigenvalue weighted by atomic mass is 19.1. The van der Waals surface area contributed by atoms with E-state index in [1.807, 2.05) is 0 Å². The van der Waals surface area contributed by atoms with Crippen molar-refractivity contribution in [1.29, 1.82) is 0 Å². The molecule has 2 rings (SSSR count). The van der Waals surface area contributed by atoms with Crippen molar-refractivity contribution in [2.45, 2.75) is 0 Å². The molecule has 0 aliphatic carbocycles. The number of fused-ring (bicyclic) bond motifs is 1. The van der Waals surface area contributed by atoms with Crippen LogP contribution in [0.4, 0.5) is 4.39 Å². The molecule has 5 heteroatoms. The van der Waals surface area contributed by atoms with Crippen LogP contribution in [-0.4, -0.2) is 4.57 Å². The van der Waals surface area contributed by atoms with E-state index in [-0.39, 0.29) is 11.0 Å². The molecule has 2 aromatic rings. The Morgan fingerprint density at radius 3 is 2.79 bits per heavy atom. The molecule has 0 N–H and O–H groups in total. The van der Waals surface area contributed by atoms with Gasteiger partial charge in [-0.1, -0.05) is 0 Å². The maximum atomic E-state index is 12.8. The van der Waals surface area contributed by atoms with Crippen LogP contribution in [0.15, 0.2) is 32.2 Å². The molecule has 1 heterocycles. The van der Waals surface area contributed by atoms with Crippen LogP contribution in [0.3, 0.4) is 0 Å². The van der Waals surface area contributed by atoms with E-state index in [9.17, 15) is 14.0 Å². The van der Waals surface area contributed by atoms with Gasteiger partial charge in [0.25, 0.3) is 5.56 Å². The summed E-state index contributed by atoms with van der Waals surface area (Å²) in [6, 6.07) is 3.43. The van der Waals surface area contributed by atoms with Crippen LogP contribution in [0, 0.1) is 5.82 Å². The van der Waals surface area contributed by atoms with Crippen molar-refractivity contribution in [3.63, 3.8) is 0 Å². The number of aromatic nitrogens is 1. The highest BCUT2D eigenvalue weighted by Gasteiger charge is 2.06. The van der Waals surface area contributed by atoms with Crippen molar-refractivity contribution in [1.82, 2.24) is 4.57 Å². The van der Waals surface area contributed by atoms with Gasteiger partial charge in [0.15, 0.2) is 0 Å². The Morgan fingerprint density at radius 1 is 1.36 bits per heavy atom. The normalized spacial score (nSPS) is 10.7. The molecule has 72 valence electrons. The Balaban J connectivity index is 3.07. The molecule has 1 aromatic heterocycles. The fourth-order valence-corrected chi connectivity index (χ4v) is 1.18. The monoisotopic (exact) mass is 195 g/mol. The minimum absolute atomic E-state index is 0.0621. The first-order valence-electron chi connectivity index (χ1n) is 3.89. The Bertz CT molecular complexity index is 611. The van der Waals surface area contributed by atoms with Gasteiger partial charge in [0.05, 0.1) is 5.39 Å². The third-order valence-electron chi connectivity index (χ3n) is 1.95.